The zero-order valence-corrected chi connectivity index (χ0v) is 21.3. The first-order valence-electron chi connectivity index (χ1n) is 12.6. The highest BCUT2D eigenvalue weighted by atomic mass is 32.2. The summed E-state index contributed by atoms with van der Waals surface area (Å²) in [5.74, 6) is 0.204. The molecule has 4 rings (SSSR count). The lowest BCUT2D eigenvalue weighted by Gasteiger charge is -2.32. The summed E-state index contributed by atoms with van der Waals surface area (Å²) in [6.07, 6.45) is 4.49. The number of nitrogens with zero attached hydrogens (tertiary/aromatic N) is 1. The summed E-state index contributed by atoms with van der Waals surface area (Å²) >= 11 is 1.51. The van der Waals surface area contributed by atoms with Gasteiger partial charge in [0.05, 0.1) is 5.75 Å². The Bertz CT molecular complexity index is 1120. The van der Waals surface area contributed by atoms with Gasteiger partial charge in [-0.1, -0.05) is 91.7 Å². The Kier molecular flexibility index (Phi) is 9.56. The van der Waals surface area contributed by atoms with Crippen LogP contribution in [0.15, 0.2) is 84.9 Å². The fourth-order valence-electron chi connectivity index (χ4n) is 4.64. The van der Waals surface area contributed by atoms with E-state index in [0.717, 1.165) is 36.8 Å². The van der Waals surface area contributed by atoms with Crippen LogP contribution in [-0.2, 0) is 28.3 Å². The van der Waals surface area contributed by atoms with E-state index in [-0.39, 0.29) is 36.0 Å². The normalized spacial score (nSPS) is 14.4. The molecule has 0 bridgehead atoms. The monoisotopic (exact) mass is 504 g/mol. The lowest BCUT2D eigenvalue weighted by atomic mass is 10.0. The van der Waals surface area contributed by atoms with Crippen molar-refractivity contribution in [3.8, 4) is 0 Å². The Balaban J connectivity index is 1.57. The van der Waals surface area contributed by atoms with Gasteiger partial charge in [0.1, 0.15) is 11.9 Å². The number of hydrogen-bond acceptors (Lipinski definition) is 3. The highest BCUT2D eigenvalue weighted by Gasteiger charge is 2.32. The van der Waals surface area contributed by atoms with E-state index in [1.165, 1.54) is 17.8 Å². The molecule has 0 unspecified atom stereocenters. The third-order valence-electron chi connectivity index (χ3n) is 6.61. The molecule has 0 saturated heterocycles. The lowest BCUT2D eigenvalue weighted by molar-refractivity contribution is -0.139. The molecule has 36 heavy (non-hydrogen) atoms. The highest BCUT2D eigenvalue weighted by molar-refractivity contribution is 7.99. The second-order valence-corrected chi connectivity index (χ2v) is 10.3. The Hall–Kier alpha value is -3.12. The molecule has 1 saturated carbocycles. The first-order chi connectivity index (χ1) is 17.6. The van der Waals surface area contributed by atoms with E-state index in [2.05, 4.69) is 5.32 Å². The predicted octanol–water partition coefficient (Wildman–Crippen LogP) is 5.76. The van der Waals surface area contributed by atoms with E-state index in [0.29, 0.717) is 17.7 Å². The number of rotatable bonds is 11. The maximum atomic E-state index is 14.7. The third-order valence-corrected chi connectivity index (χ3v) is 7.60. The molecule has 0 heterocycles. The quantitative estimate of drug-likeness (QED) is 0.361. The maximum Gasteiger partial charge on any atom is 0.243 e. The molecule has 1 fully saturated rings. The molecular formula is C30H33FN2O2S. The van der Waals surface area contributed by atoms with E-state index < -0.39 is 6.04 Å². The van der Waals surface area contributed by atoms with E-state index in [9.17, 15) is 14.0 Å². The minimum absolute atomic E-state index is 0.0486. The zero-order chi connectivity index (χ0) is 25.2. The van der Waals surface area contributed by atoms with Gasteiger partial charge in [0, 0.05) is 30.3 Å². The average Bonchev–Trinajstić information content (AvgIpc) is 3.41. The van der Waals surface area contributed by atoms with E-state index in [4.69, 9.17) is 0 Å². The summed E-state index contributed by atoms with van der Waals surface area (Å²) in [7, 11) is 0. The molecule has 3 aromatic rings. The summed E-state index contributed by atoms with van der Waals surface area (Å²) in [6, 6.07) is 25.6. The number of thioether (sulfide) groups is 1. The summed E-state index contributed by atoms with van der Waals surface area (Å²) in [5.41, 5.74) is 2.51. The largest absolute Gasteiger partial charge is 0.352 e. The molecule has 3 aromatic carbocycles. The van der Waals surface area contributed by atoms with Crippen LogP contribution < -0.4 is 5.32 Å². The Morgan fingerprint density at radius 3 is 2.17 bits per heavy atom. The van der Waals surface area contributed by atoms with E-state index >= 15 is 0 Å². The van der Waals surface area contributed by atoms with Gasteiger partial charge in [0.2, 0.25) is 11.8 Å². The van der Waals surface area contributed by atoms with Crippen molar-refractivity contribution < 1.29 is 14.0 Å². The molecule has 2 amide bonds. The minimum Gasteiger partial charge on any atom is -0.352 e. The van der Waals surface area contributed by atoms with Gasteiger partial charge < -0.3 is 10.2 Å². The topological polar surface area (TPSA) is 49.4 Å². The van der Waals surface area contributed by atoms with Gasteiger partial charge in [-0.05, 0) is 30.0 Å². The van der Waals surface area contributed by atoms with E-state index in [1.54, 1.807) is 23.1 Å². The van der Waals surface area contributed by atoms with Gasteiger partial charge in [-0.25, -0.2) is 4.39 Å². The van der Waals surface area contributed by atoms with Gasteiger partial charge in [0.25, 0.3) is 0 Å². The number of halogens is 1. The van der Waals surface area contributed by atoms with Crippen molar-refractivity contribution in [1.82, 2.24) is 10.2 Å². The standard InChI is InChI=1S/C30H33FN2O2S/c31-27-18-10-7-15-25(27)20-33(29(34)22-36-21-24-13-5-2-6-14-24)28(19-23-11-3-1-4-12-23)30(35)32-26-16-8-9-17-26/h1-7,10-15,18,26,28H,8-9,16-17,19-22H2,(H,32,35)/t28-/m0/s1. The molecule has 4 nitrogen and oxygen atoms in total. The second-order valence-electron chi connectivity index (χ2n) is 9.29. The van der Waals surface area contributed by atoms with Crippen LogP contribution in [-0.4, -0.2) is 34.6 Å². The first kappa shape index (κ1) is 26.0. The molecule has 0 aliphatic heterocycles. The van der Waals surface area contributed by atoms with Crippen LogP contribution in [0.25, 0.3) is 0 Å². The predicted molar refractivity (Wildman–Crippen MR) is 144 cm³/mol. The van der Waals surface area contributed by atoms with Crippen LogP contribution in [0.2, 0.25) is 0 Å². The summed E-state index contributed by atoms with van der Waals surface area (Å²) in [6.45, 7) is 0.0486. The SMILES string of the molecule is O=C(NC1CCCC1)[C@H](Cc1ccccc1)N(Cc1ccccc1F)C(=O)CSCc1ccccc1. The molecule has 6 heteroatoms. The maximum absolute atomic E-state index is 14.7. The van der Waals surface area contributed by atoms with Gasteiger partial charge in [0.15, 0.2) is 0 Å². The molecule has 1 aliphatic carbocycles. The van der Waals surface area contributed by atoms with Crippen LogP contribution in [0.4, 0.5) is 4.39 Å². The van der Waals surface area contributed by atoms with Crippen LogP contribution in [0.1, 0.15) is 42.4 Å². The van der Waals surface area contributed by atoms with Crippen LogP contribution in [0.3, 0.4) is 0 Å². The van der Waals surface area contributed by atoms with Crippen molar-refractivity contribution in [2.45, 2.75) is 56.5 Å². The molecule has 0 radical (unpaired) electrons. The second kappa shape index (κ2) is 13.3. The molecule has 0 aromatic heterocycles. The van der Waals surface area contributed by atoms with Crippen molar-refractivity contribution in [1.29, 1.82) is 0 Å². The zero-order valence-electron chi connectivity index (χ0n) is 20.4. The Morgan fingerprint density at radius 1 is 0.889 bits per heavy atom. The van der Waals surface area contributed by atoms with Crippen molar-refractivity contribution >= 4 is 23.6 Å². The number of carbonyl (C=O) groups is 2. The molecule has 0 spiro atoms. The number of nitrogens with one attached hydrogen (secondary N) is 1. The molecular weight excluding hydrogens is 471 g/mol. The number of carbonyl (C=O) groups excluding carboxylic acids is 2. The van der Waals surface area contributed by atoms with Crippen molar-refractivity contribution in [3.05, 3.63) is 107 Å². The van der Waals surface area contributed by atoms with Gasteiger partial charge >= 0.3 is 0 Å². The Labute approximate surface area is 217 Å². The molecule has 1 atom stereocenters. The van der Waals surface area contributed by atoms with Crippen molar-refractivity contribution in [2.24, 2.45) is 0 Å². The number of hydrogen-bond donors (Lipinski definition) is 1. The molecule has 1 aliphatic rings. The third kappa shape index (κ3) is 7.44. The number of benzene rings is 3. The summed E-state index contributed by atoms with van der Waals surface area (Å²) in [4.78, 5) is 28.8. The van der Waals surface area contributed by atoms with Crippen LogP contribution in [0, 0.1) is 5.82 Å². The van der Waals surface area contributed by atoms with Crippen LogP contribution >= 0.6 is 11.8 Å². The molecule has 188 valence electrons. The van der Waals surface area contributed by atoms with Gasteiger partial charge in [-0.3, -0.25) is 9.59 Å². The highest BCUT2D eigenvalue weighted by Crippen LogP contribution is 2.22. The smallest absolute Gasteiger partial charge is 0.243 e. The fraction of sp³-hybridized carbons (Fsp3) is 0.333. The van der Waals surface area contributed by atoms with Gasteiger partial charge in [-0.2, -0.15) is 0 Å². The fourth-order valence-corrected chi connectivity index (χ4v) is 5.52. The van der Waals surface area contributed by atoms with Crippen molar-refractivity contribution in [2.75, 3.05) is 5.75 Å². The van der Waals surface area contributed by atoms with Gasteiger partial charge in [-0.15, -0.1) is 11.8 Å². The minimum atomic E-state index is -0.725. The lowest BCUT2D eigenvalue weighted by Crippen LogP contribution is -2.52. The summed E-state index contributed by atoms with van der Waals surface area (Å²) in [5, 5.41) is 3.18. The van der Waals surface area contributed by atoms with Crippen LogP contribution in [0.5, 0.6) is 0 Å². The van der Waals surface area contributed by atoms with E-state index in [1.807, 2.05) is 60.7 Å². The number of amides is 2. The first-order valence-corrected chi connectivity index (χ1v) is 13.7. The molecule has 1 N–H and O–H groups in total. The van der Waals surface area contributed by atoms with Crippen molar-refractivity contribution in [3.63, 3.8) is 0 Å². The average molecular weight is 505 g/mol. The Morgan fingerprint density at radius 2 is 1.50 bits per heavy atom. The summed E-state index contributed by atoms with van der Waals surface area (Å²) < 4.78 is 14.7.